The molecule has 0 bridgehead atoms. The maximum absolute atomic E-state index is 12.7. The number of hydrogen-bond donors (Lipinski definition) is 2. The number of hydrogen-bond acceptors (Lipinski definition) is 5. The molecule has 1 aromatic rings. The zero-order chi connectivity index (χ0) is 20.1. The fraction of sp³-hybridized carbons (Fsp3) is 0.619. The van der Waals surface area contributed by atoms with Crippen molar-refractivity contribution in [2.45, 2.75) is 69.6 Å². The lowest BCUT2D eigenvalue weighted by molar-refractivity contribution is -0.115. The normalized spacial score (nSPS) is 24.7. The van der Waals surface area contributed by atoms with Crippen molar-refractivity contribution in [3.05, 3.63) is 30.1 Å². The van der Waals surface area contributed by atoms with Crippen LogP contribution in [0, 0.1) is 0 Å². The Morgan fingerprint density at radius 3 is 2.90 bits per heavy atom. The van der Waals surface area contributed by atoms with E-state index in [1.165, 1.54) is 19.3 Å². The fourth-order valence-electron chi connectivity index (χ4n) is 4.43. The maximum Gasteiger partial charge on any atom is 0.317 e. The van der Waals surface area contributed by atoms with Gasteiger partial charge in [-0.1, -0.05) is 30.5 Å². The Hall–Kier alpha value is -2.64. The summed E-state index contributed by atoms with van der Waals surface area (Å²) in [5, 5.41) is 10.1. The summed E-state index contributed by atoms with van der Waals surface area (Å²) in [5.74, 6) is -0.227. The van der Waals surface area contributed by atoms with Gasteiger partial charge in [0.2, 0.25) is 0 Å². The summed E-state index contributed by atoms with van der Waals surface area (Å²) >= 11 is 0. The van der Waals surface area contributed by atoms with E-state index in [9.17, 15) is 9.59 Å². The highest BCUT2D eigenvalue weighted by Crippen LogP contribution is 2.33. The first kappa shape index (κ1) is 19.7. The zero-order valence-electron chi connectivity index (χ0n) is 16.7. The molecule has 2 aliphatic heterocycles. The number of carbonyl (C=O) groups excluding carboxylic acids is 2. The molecular formula is C21H29N5O3. The highest BCUT2D eigenvalue weighted by atomic mass is 16.7. The summed E-state index contributed by atoms with van der Waals surface area (Å²) in [6.07, 6.45) is 11.2. The molecule has 1 aliphatic carbocycles. The van der Waals surface area contributed by atoms with Crippen molar-refractivity contribution in [1.29, 1.82) is 0 Å². The molecule has 3 heterocycles. The van der Waals surface area contributed by atoms with Gasteiger partial charge in [-0.05, 0) is 37.3 Å². The van der Waals surface area contributed by atoms with Gasteiger partial charge in [0.15, 0.2) is 5.60 Å². The smallest absolute Gasteiger partial charge is 0.317 e. The number of rotatable bonds is 4. The standard InChI is InChI=1S/C21H29N5O3/c27-19(23-14-16-6-4-10-22-13-16)18-12-21(29-25-18)9-5-11-26(15-21)20(28)24-17-7-2-1-3-8-17/h4,6,10,13,17H,1-3,5,7-9,11-12,14-15H2,(H,23,27)(H,24,28). The molecule has 156 valence electrons. The van der Waals surface area contributed by atoms with Gasteiger partial charge in [-0.25, -0.2) is 4.79 Å². The van der Waals surface area contributed by atoms with Crippen LogP contribution in [0.5, 0.6) is 0 Å². The third-order valence-electron chi connectivity index (χ3n) is 6.04. The van der Waals surface area contributed by atoms with Crippen LogP contribution in [0.2, 0.25) is 0 Å². The number of piperidine rings is 1. The average molecular weight is 399 g/mol. The highest BCUT2D eigenvalue weighted by molar-refractivity contribution is 6.39. The molecule has 1 saturated heterocycles. The molecule has 2 N–H and O–H groups in total. The third-order valence-corrected chi connectivity index (χ3v) is 6.04. The van der Waals surface area contributed by atoms with Crippen molar-refractivity contribution >= 4 is 17.6 Å². The van der Waals surface area contributed by atoms with E-state index in [1.54, 1.807) is 12.4 Å². The van der Waals surface area contributed by atoms with Gasteiger partial charge in [0.25, 0.3) is 5.91 Å². The molecule has 0 radical (unpaired) electrons. The Morgan fingerprint density at radius 1 is 1.24 bits per heavy atom. The maximum atomic E-state index is 12.7. The average Bonchev–Trinajstić information content (AvgIpc) is 3.16. The highest BCUT2D eigenvalue weighted by Gasteiger charge is 2.45. The van der Waals surface area contributed by atoms with Crippen LogP contribution in [0.3, 0.4) is 0 Å². The van der Waals surface area contributed by atoms with E-state index >= 15 is 0 Å². The minimum Gasteiger partial charge on any atom is -0.386 e. The van der Waals surface area contributed by atoms with Crippen LogP contribution in [0.1, 0.15) is 56.9 Å². The lowest BCUT2D eigenvalue weighted by atomic mass is 9.88. The Kier molecular flexibility index (Phi) is 5.97. The molecule has 1 aromatic heterocycles. The zero-order valence-corrected chi connectivity index (χ0v) is 16.7. The van der Waals surface area contributed by atoms with Gasteiger partial charge in [0.1, 0.15) is 5.71 Å². The first-order chi connectivity index (χ1) is 14.1. The van der Waals surface area contributed by atoms with Crippen molar-refractivity contribution < 1.29 is 14.4 Å². The predicted octanol–water partition coefficient (Wildman–Crippen LogP) is 2.35. The molecule has 1 saturated carbocycles. The van der Waals surface area contributed by atoms with Crippen LogP contribution in [0.25, 0.3) is 0 Å². The Morgan fingerprint density at radius 2 is 2.10 bits per heavy atom. The van der Waals surface area contributed by atoms with Crippen LogP contribution in [-0.4, -0.2) is 52.3 Å². The largest absolute Gasteiger partial charge is 0.386 e. The molecule has 3 amide bonds. The minimum atomic E-state index is -0.580. The lowest BCUT2D eigenvalue weighted by Gasteiger charge is -2.39. The van der Waals surface area contributed by atoms with E-state index in [0.717, 1.165) is 31.2 Å². The van der Waals surface area contributed by atoms with E-state index in [4.69, 9.17) is 4.84 Å². The van der Waals surface area contributed by atoms with Crippen LogP contribution < -0.4 is 10.6 Å². The van der Waals surface area contributed by atoms with E-state index < -0.39 is 5.60 Å². The molecule has 8 heteroatoms. The molecule has 29 heavy (non-hydrogen) atoms. The van der Waals surface area contributed by atoms with E-state index in [1.807, 2.05) is 17.0 Å². The monoisotopic (exact) mass is 399 g/mol. The van der Waals surface area contributed by atoms with Gasteiger partial charge >= 0.3 is 6.03 Å². The van der Waals surface area contributed by atoms with Crippen molar-refractivity contribution in [3.63, 3.8) is 0 Å². The fourth-order valence-corrected chi connectivity index (χ4v) is 4.43. The van der Waals surface area contributed by atoms with Gasteiger partial charge in [-0.2, -0.15) is 0 Å². The molecular weight excluding hydrogens is 370 g/mol. The first-order valence-corrected chi connectivity index (χ1v) is 10.6. The number of amides is 3. The van der Waals surface area contributed by atoms with Gasteiger partial charge in [0.05, 0.1) is 6.54 Å². The summed E-state index contributed by atoms with van der Waals surface area (Å²) in [4.78, 5) is 36.8. The summed E-state index contributed by atoms with van der Waals surface area (Å²) in [7, 11) is 0. The van der Waals surface area contributed by atoms with Crippen molar-refractivity contribution in [3.8, 4) is 0 Å². The van der Waals surface area contributed by atoms with E-state index in [0.29, 0.717) is 31.8 Å². The summed E-state index contributed by atoms with van der Waals surface area (Å²) in [6, 6.07) is 4.01. The SMILES string of the molecule is O=C(NCc1cccnc1)C1=NOC2(CCCN(C(=O)NC3CCCCC3)C2)C1. The predicted molar refractivity (Wildman–Crippen MR) is 108 cm³/mol. The number of carbonyl (C=O) groups is 2. The van der Waals surface area contributed by atoms with Crippen LogP contribution in [-0.2, 0) is 16.2 Å². The lowest BCUT2D eigenvalue weighted by Crippen LogP contribution is -2.55. The van der Waals surface area contributed by atoms with E-state index in [2.05, 4.69) is 20.8 Å². The second kappa shape index (κ2) is 8.80. The minimum absolute atomic E-state index is 0.0194. The second-order valence-electron chi connectivity index (χ2n) is 8.34. The van der Waals surface area contributed by atoms with E-state index in [-0.39, 0.29) is 18.0 Å². The number of aromatic nitrogens is 1. The van der Waals surface area contributed by atoms with Gasteiger partial charge in [-0.15, -0.1) is 0 Å². The summed E-state index contributed by atoms with van der Waals surface area (Å²) in [5.41, 5.74) is 0.741. The number of pyridine rings is 1. The third kappa shape index (κ3) is 4.86. The molecule has 1 spiro atoms. The number of oxime groups is 1. The Bertz CT molecular complexity index is 763. The van der Waals surface area contributed by atoms with Gasteiger partial charge in [-0.3, -0.25) is 9.78 Å². The molecule has 1 unspecified atom stereocenters. The Labute approximate surface area is 171 Å². The van der Waals surface area contributed by atoms with Gasteiger partial charge < -0.3 is 20.4 Å². The number of nitrogens with one attached hydrogen (secondary N) is 2. The Balaban J connectivity index is 1.29. The molecule has 3 aliphatic rings. The van der Waals surface area contributed by atoms with Crippen molar-refractivity contribution in [1.82, 2.24) is 20.5 Å². The molecule has 0 aromatic carbocycles. The topological polar surface area (TPSA) is 95.9 Å². The molecule has 1 atom stereocenters. The van der Waals surface area contributed by atoms with Crippen LogP contribution in [0.4, 0.5) is 4.79 Å². The number of nitrogens with zero attached hydrogens (tertiary/aromatic N) is 3. The molecule has 4 rings (SSSR count). The number of urea groups is 1. The quantitative estimate of drug-likeness (QED) is 0.812. The van der Waals surface area contributed by atoms with Crippen LogP contribution in [0.15, 0.2) is 29.7 Å². The van der Waals surface area contributed by atoms with Crippen molar-refractivity contribution in [2.24, 2.45) is 5.16 Å². The first-order valence-electron chi connectivity index (χ1n) is 10.6. The summed E-state index contributed by atoms with van der Waals surface area (Å²) < 4.78 is 0. The van der Waals surface area contributed by atoms with Gasteiger partial charge in [0, 0.05) is 37.9 Å². The second-order valence-corrected chi connectivity index (χ2v) is 8.34. The number of likely N-dealkylation sites (tertiary alicyclic amines) is 1. The molecule has 2 fully saturated rings. The van der Waals surface area contributed by atoms with Crippen molar-refractivity contribution in [2.75, 3.05) is 13.1 Å². The molecule has 8 nitrogen and oxygen atoms in total. The summed E-state index contributed by atoms with van der Waals surface area (Å²) in [6.45, 7) is 1.58. The van der Waals surface area contributed by atoms with Crippen LogP contribution >= 0.6 is 0 Å².